The fourth-order valence-electron chi connectivity index (χ4n) is 1.25. The molecule has 86 valence electrons. The van der Waals surface area contributed by atoms with E-state index in [-0.39, 0.29) is 6.61 Å². The van der Waals surface area contributed by atoms with Gasteiger partial charge in [0.25, 0.3) is 0 Å². The van der Waals surface area contributed by atoms with Gasteiger partial charge in [-0.25, -0.2) is 10.2 Å². The summed E-state index contributed by atoms with van der Waals surface area (Å²) in [6, 6.07) is 7.10. The summed E-state index contributed by atoms with van der Waals surface area (Å²) >= 11 is 0. The SMILES string of the molecule is C=CCOC(=O)N([NH2+]C)c1ccccc1N. The van der Waals surface area contributed by atoms with Crippen LogP contribution >= 0.6 is 0 Å². The number of anilines is 2. The number of ether oxygens (including phenoxy) is 1. The number of carbonyl (C=O) groups excluding carboxylic acids is 1. The number of nitrogens with zero attached hydrogens (tertiary/aromatic N) is 1. The molecule has 0 unspecified atom stereocenters. The zero-order chi connectivity index (χ0) is 12.0. The van der Waals surface area contributed by atoms with Gasteiger partial charge in [0.2, 0.25) is 0 Å². The summed E-state index contributed by atoms with van der Waals surface area (Å²) < 4.78 is 4.94. The molecule has 0 bridgehead atoms. The molecule has 0 spiro atoms. The summed E-state index contributed by atoms with van der Waals surface area (Å²) in [6.07, 6.45) is 1.04. The third-order valence-corrected chi connectivity index (χ3v) is 1.98. The highest BCUT2D eigenvalue weighted by Crippen LogP contribution is 2.19. The van der Waals surface area contributed by atoms with Gasteiger partial charge >= 0.3 is 6.09 Å². The molecule has 16 heavy (non-hydrogen) atoms. The molecule has 0 saturated carbocycles. The van der Waals surface area contributed by atoms with E-state index in [4.69, 9.17) is 10.5 Å². The molecule has 0 radical (unpaired) electrons. The van der Waals surface area contributed by atoms with Crippen LogP contribution in [0.25, 0.3) is 0 Å². The summed E-state index contributed by atoms with van der Waals surface area (Å²) in [5.74, 6) is 0. The van der Waals surface area contributed by atoms with Crippen molar-refractivity contribution < 1.29 is 15.0 Å². The smallest absolute Gasteiger partial charge is 0.442 e. The Kier molecular flexibility index (Phi) is 4.35. The summed E-state index contributed by atoms with van der Waals surface area (Å²) in [5, 5.41) is 1.36. The summed E-state index contributed by atoms with van der Waals surface area (Å²) in [5.41, 5.74) is 8.52. The molecular weight excluding hydrogens is 206 g/mol. The Labute approximate surface area is 94.5 Å². The molecular formula is C11H16N3O2+. The lowest BCUT2D eigenvalue weighted by molar-refractivity contribution is -0.629. The third kappa shape index (κ3) is 2.74. The van der Waals surface area contributed by atoms with Crippen LogP contribution in [0.1, 0.15) is 0 Å². The van der Waals surface area contributed by atoms with Crippen molar-refractivity contribution in [3.63, 3.8) is 0 Å². The Bertz CT molecular complexity index is 379. The van der Waals surface area contributed by atoms with Crippen LogP contribution in [0.15, 0.2) is 36.9 Å². The standard InChI is InChI=1S/C11H15N3O2/c1-3-8-16-11(15)14(13-2)10-7-5-4-6-9(10)12/h3-7,13H,1,8,12H2,2H3/p+1. The van der Waals surface area contributed by atoms with Gasteiger partial charge in [0.1, 0.15) is 12.3 Å². The number of hydrogen-bond donors (Lipinski definition) is 2. The van der Waals surface area contributed by atoms with E-state index in [0.29, 0.717) is 11.4 Å². The van der Waals surface area contributed by atoms with Crippen LogP contribution in [-0.2, 0) is 4.74 Å². The normalized spacial score (nSPS) is 9.56. The lowest BCUT2D eigenvalue weighted by atomic mass is 10.2. The third-order valence-electron chi connectivity index (χ3n) is 1.98. The number of quaternary nitrogens is 1. The molecule has 5 nitrogen and oxygen atoms in total. The predicted octanol–water partition coefficient (Wildman–Crippen LogP) is 0.506. The Morgan fingerprint density at radius 1 is 1.62 bits per heavy atom. The fraction of sp³-hybridized carbons (Fsp3) is 0.182. The molecule has 0 fully saturated rings. The van der Waals surface area contributed by atoms with Crippen LogP contribution in [0.5, 0.6) is 0 Å². The van der Waals surface area contributed by atoms with E-state index < -0.39 is 6.09 Å². The lowest BCUT2D eigenvalue weighted by Crippen LogP contribution is -2.92. The lowest BCUT2D eigenvalue weighted by Gasteiger charge is -2.17. The van der Waals surface area contributed by atoms with Crippen molar-refractivity contribution in [3.8, 4) is 0 Å². The molecule has 5 heteroatoms. The van der Waals surface area contributed by atoms with Gasteiger partial charge in [-0.2, -0.15) is 0 Å². The molecule has 0 aliphatic carbocycles. The zero-order valence-electron chi connectivity index (χ0n) is 9.22. The van der Waals surface area contributed by atoms with Gasteiger partial charge in [0, 0.05) is 0 Å². The molecule has 1 aromatic carbocycles. The molecule has 4 N–H and O–H groups in total. The highest BCUT2D eigenvalue weighted by molar-refractivity contribution is 5.88. The van der Waals surface area contributed by atoms with E-state index in [9.17, 15) is 4.79 Å². The summed E-state index contributed by atoms with van der Waals surface area (Å²) in [4.78, 5) is 11.7. The van der Waals surface area contributed by atoms with Crippen LogP contribution in [0, 0.1) is 0 Å². The largest absolute Gasteiger partial charge is 0.459 e. The van der Waals surface area contributed by atoms with Crippen molar-refractivity contribution >= 4 is 17.5 Å². The number of nitrogens with two attached hydrogens (primary N) is 2. The van der Waals surface area contributed by atoms with Crippen molar-refractivity contribution in [2.45, 2.75) is 0 Å². The van der Waals surface area contributed by atoms with Crippen LogP contribution in [0.3, 0.4) is 0 Å². The second-order valence-electron chi connectivity index (χ2n) is 3.05. The van der Waals surface area contributed by atoms with Gasteiger partial charge in [-0.15, -0.1) is 5.01 Å². The van der Waals surface area contributed by atoms with E-state index in [1.807, 2.05) is 12.1 Å². The molecule has 0 aliphatic rings. The molecule has 0 aromatic heterocycles. The van der Waals surface area contributed by atoms with Gasteiger partial charge in [-0.3, -0.25) is 0 Å². The van der Waals surface area contributed by atoms with Crippen LogP contribution in [-0.4, -0.2) is 19.7 Å². The van der Waals surface area contributed by atoms with Crippen LogP contribution in [0.2, 0.25) is 0 Å². The summed E-state index contributed by atoms with van der Waals surface area (Å²) in [6.45, 7) is 3.65. The second-order valence-corrected chi connectivity index (χ2v) is 3.05. The minimum atomic E-state index is -0.472. The van der Waals surface area contributed by atoms with Gasteiger partial charge in [0.15, 0.2) is 0 Å². The molecule has 1 amide bonds. The van der Waals surface area contributed by atoms with Crippen molar-refractivity contribution in [3.05, 3.63) is 36.9 Å². The van der Waals surface area contributed by atoms with Gasteiger partial charge < -0.3 is 10.5 Å². The Morgan fingerprint density at radius 2 is 2.31 bits per heavy atom. The first kappa shape index (κ1) is 12.1. The highest BCUT2D eigenvalue weighted by atomic mass is 16.6. The average Bonchev–Trinajstić information content (AvgIpc) is 2.30. The highest BCUT2D eigenvalue weighted by Gasteiger charge is 2.20. The fourth-order valence-corrected chi connectivity index (χ4v) is 1.25. The van der Waals surface area contributed by atoms with E-state index in [1.165, 1.54) is 11.1 Å². The number of amides is 1. The van der Waals surface area contributed by atoms with Crippen LogP contribution in [0.4, 0.5) is 16.2 Å². The van der Waals surface area contributed by atoms with Crippen LogP contribution < -0.4 is 16.2 Å². The minimum Gasteiger partial charge on any atom is -0.442 e. The Balaban J connectivity index is 2.85. The molecule has 1 aromatic rings. The van der Waals surface area contributed by atoms with E-state index in [0.717, 1.165) is 0 Å². The number of carbonyl (C=O) groups is 1. The molecule has 0 aliphatic heterocycles. The first-order valence-electron chi connectivity index (χ1n) is 4.91. The number of nitrogen functional groups attached to an aromatic ring is 1. The molecule has 0 atom stereocenters. The Morgan fingerprint density at radius 3 is 2.88 bits per heavy atom. The van der Waals surface area contributed by atoms with Crippen molar-refractivity contribution in [2.24, 2.45) is 0 Å². The maximum absolute atomic E-state index is 11.7. The quantitative estimate of drug-likeness (QED) is 0.256. The van der Waals surface area contributed by atoms with Crippen molar-refractivity contribution in [1.29, 1.82) is 0 Å². The minimum absolute atomic E-state index is 0.176. The number of hydrogen-bond acceptors (Lipinski definition) is 3. The van der Waals surface area contributed by atoms with E-state index in [2.05, 4.69) is 6.58 Å². The maximum atomic E-state index is 11.7. The zero-order valence-corrected chi connectivity index (χ0v) is 9.22. The summed E-state index contributed by atoms with van der Waals surface area (Å²) in [7, 11) is 1.74. The molecule has 0 heterocycles. The first-order valence-corrected chi connectivity index (χ1v) is 4.91. The number of benzene rings is 1. The molecule has 1 rings (SSSR count). The van der Waals surface area contributed by atoms with Crippen molar-refractivity contribution in [1.82, 2.24) is 0 Å². The number of rotatable bonds is 4. The topological polar surface area (TPSA) is 72.2 Å². The van der Waals surface area contributed by atoms with E-state index in [1.54, 1.807) is 24.6 Å². The van der Waals surface area contributed by atoms with Gasteiger partial charge in [-0.1, -0.05) is 24.8 Å². The van der Waals surface area contributed by atoms with Gasteiger partial charge in [0.05, 0.1) is 12.7 Å². The monoisotopic (exact) mass is 222 g/mol. The molecule has 0 saturated heterocycles. The van der Waals surface area contributed by atoms with Gasteiger partial charge in [-0.05, 0) is 12.1 Å². The predicted molar refractivity (Wildman–Crippen MR) is 62.7 cm³/mol. The average molecular weight is 222 g/mol. The Hall–Kier alpha value is -2.01. The van der Waals surface area contributed by atoms with Crippen molar-refractivity contribution in [2.75, 3.05) is 24.4 Å². The second kappa shape index (κ2) is 5.77. The van der Waals surface area contributed by atoms with E-state index >= 15 is 0 Å². The maximum Gasteiger partial charge on any atom is 0.459 e. The number of para-hydroxylation sites is 2. The first-order chi connectivity index (χ1) is 7.70.